The molecule has 2 rings (SSSR count). The summed E-state index contributed by atoms with van der Waals surface area (Å²) in [5.74, 6) is -0.985. The van der Waals surface area contributed by atoms with Gasteiger partial charge in [-0.1, -0.05) is 15.9 Å². The number of amides is 1. The van der Waals surface area contributed by atoms with Crippen LogP contribution in [0.15, 0.2) is 39.3 Å². The lowest BCUT2D eigenvalue weighted by Gasteiger charge is -2.13. The first-order chi connectivity index (χ1) is 13.6. The molecule has 2 aromatic carbocycles. The van der Waals surface area contributed by atoms with E-state index >= 15 is 0 Å². The molecule has 0 radical (unpaired) electrons. The van der Waals surface area contributed by atoms with E-state index in [4.69, 9.17) is 17.0 Å². The van der Waals surface area contributed by atoms with E-state index in [-0.39, 0.29) is 10.7 Å². The SMILES string of the molecule is COc1c(Br)cc(Br)cc1/C=C/C(=O)NC(=S)Nc1c(I)cc(I)cc1C(=O)O. The average molecular weight is 766 g/mol. The van der Waals surface area contributed by atoms with E-state index < -0.39 is 11.9 Å². The standard InChI is InChI=1S/C18H12Br2I2N2O4S/c1-28-16-8(4-9(19)5-12(16)20)2-3-14(25)23-18(29)24-15-11(17(26)27)6-10(21)7-13(15)22/h2-7H,1H3,(H,26,27)(H2,23,24,25,29)/b3-2+. The number of benzene rings is 2. The van der Waals surface area contributed by atoms with Crippen molar-refractivity contribution >= 4 is 118 Å². The number of ether oxygens (including phenoxy) is 1. The van der Waals surface area contributed by atoms with Crippen molar-refractivity contribution in [1.82, 2.24) is 5.32 Å². The fraction of sp³-hybridized carbons (Fsp3) is 0.0556. The van der Waals surface area contributed by atoms with Gasteiger partial charge in [0.1, 0.15) is 5.75 Å². The van der Waals surface area contributed by atoms with E-state index in [2.05, 4.69) is 42.5 Å². The summed E-state index contributed by atoms with van der Waals surface area (Å²) < 4.78 is 8.34. The van der Waals surface area contributed by atoms with Gasteiger partial charge in [-0.15, -0.1) is 0 Å². The van der Waals surface area contributed by atoms with Gasteiger partial charge in [-0.05, 0) is 104 Å². The zero-order valence-corrected chi connectivity index (χ0v) is 22.9. The van der Waals surface area contributed by atoms with Crippen molar-refractivity contribution < 1.29 is 19.4 Å². The van der Waals surface area contributed by atoms with Gasteiger partial charge in [-0.25, -0.2) is 4.79 Å². The molecule has 0 saturated heterocycles. The Kier molecular flexibility index (Phi) is 9.31. The minimum Gasteiger partial charge on any atom is -0.495 e. The maximum absolute atomic E-state index is 12.2. The first-order valence-electron chi connectivity index (χ1n) is 7.67. The highest BCUT2D eigenvalue weighted by Gasteiger charge is 2.16. The number of carboxylic acids is 1. The summed E-state index contributed by atoms with van der Waals surface area (Å²) in [6.07, 6.45) is 2.89. The number of carboxylic acid groups (broad SMARTS) is 1. The van der Waals surface area contributed by atoms with Crippen LogP contribution in [0.5, 0.6) is 5.75 Å². The van der Waals surface area contributed by atoms with E-state index in [1.165, 1.54) is 19.3 Å². The zero-order chi connectivity index (χ0) is 21.7. The number of carbonyl (C=O) groups is 2. The number of anilines is 1. The molecule has 0 spiro atoms. The van der Waals surface area contributed by atoms with Crippen LogP contribution in [0.25, 0.3) is 6.08 Å². The number of aromatic carboxylic acids is 1. The third-order valence-electron chi connectivity index (χ3n) is 3.42. The van der Waals surface area contributed by atoms with Crippen molar-refractivity contribution in [2.45, 2.75) is 0 Å². The highest BCUT2D eigenvalue weighted by molar-refractivity contribution is 14.1. The predicted octanol–water partition coefficient (Wildman–Crippen LogP) is 5.65. The van der Waals surface area contributed by atoms with Crippen molar-refractivity contribution in [2.75, 3.05) is 12.4 Å². The maximum Gasteiger partial charge on any atom is 0.337 e. The lowest BCUT2D eigenvalue weighted by atomic mass is 10.2. The second-order valence-electron chi connectivity index (χ2n) is 5.40. The molecule has 29 heavy (non-hydrogen) atoms. The molecule has 0 aliphatic carbocycles. The van der Waals surface area contributed by atoms with Gasteiger partial charge in [0.25, 0.3) is 0 Å². The van der Waals surface area contributed by atoms with E-state index in [0.29, 0.717) is 20.6 Å². The molecule has 0 atom stereocenters. The maximum atomic E-state index is 12.2. The minimum atomic E-state index is -1.09. The molecule has 0 fully saturated rings. The number of hydrogen-bond donors (Lipinski definition) is 3. The number of thiocarbonyl (C=S) groups is 1. The topological polar surface area (TPSA) is 87.7 Å². The third kappa shape index (κ3) is 6.87. The second-order valence-corrected chi connectivity index (χ2v) is 9.99. The second kappa shape index (κ2) is 11.0. The molecule has 0 aromatic heterocycles. The van der Waals surface area contributed by atoms with E-state index in [9.17, 15) is 14.7 Å². The fourth-order valence-electron chi connectivity index (χ4n) is 2.25. The Bertz CT molecular complexity index is 1030. The van der Waals surface area contributed by atoms with Crippen molar-refractivity contribution in [3.63, 3.8) is 0 Å². The molecule has 6 nitrogen and oxygen atoms in total. The van der Waals surface area contributed by atoms with E-state index in [0.717, 1.165) is 12.5 Å². The molecule has 1 amide bonds. The van der Waals surface area contributed by atoms with Crippen LogP contribution in [0.4, 0.5) is 5.69 Å². The summed E-state index contributed by atoms with van der Waals surface area (Å²) in [5.41, 5.74) is 1.07. The minimum absolute atomic E-state index is 0.0105. The molecule has 11 heteroatoms. The van der Waals surface area contributed by atoms with Crippen LogP contribution < -0.4 is 15.4 Å². The third-order valence-corrected chi connectivity index (χ3v) is 6.14. The molecule has 0 aliphatic rings. The molecule has 0 heterocycles. The molecular formula is C18H12Br2I2N2O4S. The lowest BCUT2D eigenvalue weighted by molar-refractivity contribution is -0.115. The summed E-state index contributed by atoms with van der Waals surface area (Å²) in [7, 11) is 1.53. The largest absolute Gasteiger partial charge is 0.495 e. The molecule has 152 valence electrons. The van der Waals surface area contributed by atoms with Gasteiger partial charge in [0.05, 0.1) is 22.8 Å². The smallest absolute Gasteiger partial charge is 0.337 e. The number of hydrogen-bond acceptors (Lipinski definition) is 4. The van der Waals surface area contributed by atoms with E-state index in [1.807, 2.05) is 51.2 Å². The number of rotatable bonds is 5. The summed E-state index contributed by atoms with van der Waals surface area (Å²) in [4.78, 5) is 23.7. The van der Waals surface area contributed by atoms with Crippen LogP contribution in [0.2, 0.25) is 0 Å². The normalized spacial score (nSPS) is 10.7. The highest BCUT2D eigenvalue weighted by Crippen LogP contribution is 2.33. The number of halogens is 4. The lowest BCUT2D eigenvalue weighted by Crippen LogP contribution is -2.33. The Morgan fingerprint density at radius 2 is 1.90 bits per heavy atom. The van der Waals surface area contributed by atoms with Crippen LogP contribution in [0.1, 0.15) is 15.9 Å². The van der Waals surface area contributed by atoms with Gasteiger partial charge >= 0.3 is 5.97 Å². The summed E-state index contributed by atoms with van der Waals surface area (Å²) >= 11 is 16.0. The number of carbonyl (C=O) groups excluding carboxylic acids is 1. The number of methoxy groups -OCH3 is 1. The summed E-state index contributed by atoms with van der Waals surface area (Å²) in [6, 6.07) is 6.96. The Balaban J connectivity index is 2.14. The van der Waals surface area contributed by atoms with Gasteiger partial charge in [0, 0.05) is 23.3 Å². The van der Waals surface area contributed by atoms with E-state index in [1.54, 1.807) is 18.2 Å². The summed E-state index contributed by atoms with van der Waals surface area (Å²) in [5, 5.41) is 14.7. The molecule has 3 N–H and O–H groups in total. The van der Waals surface area contributed by atoms with Crippen LogP contribution in [0, 0.1) is 7.14 Å². The van der Waals surface area contributed by atoms with Crippen molar-refractivity contribution in [3.8, 4) is 5.75 Å². The highest BCUT2D eigenvalue weighted by atomic mass is 127. The molecular weight excluding hydrogens is 754 g/mol. The van der Waals surface area contributed by atoms with Crippen LogP contribution in [-0.4, -0.2) is 29.2 Å². The molecule has 2 aromatic rings. The Morgan fingerprint density at radius 3 is 2.52 bits per heavy atom. The molecule has 0 unspecified atom stereocenters. The zero-order valence-electron chi connectivity index (χ0n) is 14.6. The van der Waals surface area contributed by atoms with Crippen molar-refractivity contribution in [1.29, 1.82) is 0 Å². The van der Waals surface area contributed by atoms with Gasteiger partial charge in [0.2, 0.25) is 5.91 Å². The van der Waals surface area contributed by atoms with Gasteiger partial charge in [0.15, 0.2) is 5.11 Å². The Morgan fingerprint density at radius 1 is 1.21 bits per heavy atom. The van der Waals surface area contributed by atoms with Crippen LogP contribution >= 0.6 is 89.3 Å². The first-order valence-corrected chi connectivity index (χ1v) is 11.8. The predicted molar refractivity (Wildman–Crippen MR) is 141 cm³/mol. The molecule has 0 bridgehead atoms. The Hall–Kier alpha value is -0.770. The van der Waals surface area contributed by atoms with Gasteiger partial charge in [-0.2, -0.15) is 0 Å². The molecule has 0 aliphatic heterocycles. The Labute approximate surface area is 216 Å². The fourth-order valence-corrected chi connectivity index (χ4v) is 5.85. The van der Waals surface area contributed by atoms with Gasteiger partial charge < -0.3 is 15.2 Å². The quantitative estimate of drug-likeness (QED) is 0.207. The van der Waals surface area contributed by atoms with Crippen LogP contribution in [0.3, 0.4) is 0 Å². The number of nitrogens with one attached hydrogen (secondary N) is 2. The molecule has 0 saturated carbocycles. The van der Waals surface area contributed by atoms with Gasteiger partial charge in [-0.3, -0.25) is 10.1 Å². The average Bonchev–Trinajstić information content (AvgIpc) is 2.61. The first kappa shape index (κ1) is 24.5. The monoisotopic (exact) mass is 764 g/mol. The summed E-state index contributed by atoms with van der Waals surface area (Å²) in [6.45, 7) is 0. The van der Waals surface area contributed by atoms with Crippen molar-refractivity contribution in [2.24, 2.45) is 0 Å². The van der Waals surface area contributed by atoms with Crippen molar-refractivity contribution in [3.05, 3.63) is 57.6 Å². The van der Waals surface area contributed by atoms with Crippen LogP contribution in [-0.2, 0) is 4.79 Å².